The van der Waals surface area contributed by atoms with Gasteiger partial charge in [-0.1, -0.05) is 0 Å². The first-order valence-electron chi connectivity index (χ1n) is 3.02. The van der Waals surface area contributed by atoms with Crippen molar-refractivity contribution in [3.63, 3.8) is 0 Å². The summed E-state index contributed by atoms with van der Waals surface area (Å²) in [6.45, 7) is 2.67. The quantitative estimate of drug-likeness (QED) is 0.600. The van der Waals surface area contributed by atoms with Crippen LogP contribution in [0.1, 0.15) is 13.8 Å². The second-order valence-electron chi connectivity index (χ2n) is 1.82. The molecule has 0 N–H and O–H groups in total. The Morgan fingerprint density at radius 1 is 0.909 bits per heavy atom. The number of rotatable bonds is 4. The lowest BCUT2D eigenvalue weighted by molar-refractivity contribution is 0.577. The summed E-state index contributed by atoms with van der Waals surface area (Å²) in [5, 5.41) is 0. The Kier molecular flexibility index (Phi) is 3.46. The van der Waals surface area contributed by atoms with E-state index in [4.69, 9.17) is 0 Å². The molecule has 0 amide bonds. The van der Waals surface area contributed by atoms with Crippen LogP contribution in [0.5, 0.6) is 0 Å². The SMILES string of the molecule is CCS(=O)(=O)[N]S(=O)(=O)CC. The zero-order chi connectivity index (χ0) is 9.12. The summed E-state index contributed by atoms with van der Waals surface area (Å²) in [5.74, 6) is -0.571. The van der Waals surface area contributed by atoms with Gasteiger partial charge in [-0.2, -0.15) is 0 Å². The van der Waals surface area contributed by atoms with E-state index in [-0.39, 0.29) is 11.5 Å². The molecule has 0 aromatic carbocycles. The van der Waals surface area contributed by atoms with Crippen LogP contribution in [0.15, 0.2) is 0 Å². The van der Waals surface area contributed by atoms with Crippen LogP contribution in [0.2, 0.25) is 0 Å². The third-order valence-electron chi connectivity index (χ3n) is 0.957. The molecule has 7 heteroatoms. The van der Waals surface area contributed by atoms with Gasteiger partial charge in [0.25, 0.3) is 0 Å². The van der Waals surface area contributed by atoms with Crippen molar-refractivity contribution in [2.75, 3.05) is 11.5 Å². The lowest BCUT2D eigenvalue weighted by atomic mass is 11.0. The van der Waals surface area contributed by atoms with Gasteiger partial charge < -0.3 is 0 Å². The van der Waals surface area contributed by atoms with E-state index in [0.717, 1.165) is 0 Å². The fraction of sp³-hybridized carbons (Fsp3) is 1.00. The zero-order valence-electron chi connectivity index (χ0n) is 6.31. The van der Waals surface area contributed by atoms with Crippen molar-refractivity contribution in [3.8, 4) is 0 Å². The van der Waals surface area contributed by atoms with E-state index in [2.05, 4.69) is 4.13 Å². The minimum atomic E-state index is -3.75. The standard InChI is InChI=1S/C4H10NO4S2/c1-3-10(6,7)5-11(8,9)4-2/h3-4H2,1-2H3. The second-order valence-corrected chi connectivity index (χ2v) is 5.89. The molecule has 5 nitrogen and oxygen atoms in total. The summed E-state index contributed by atoms with van der Waals surface area (Å²) in [7, 11) is -7.50. The highest BCUT2D eigenvalue weighted by Crippen LogP contribution is 1.92. The maximum absolute atomic E-state index is 10.6. The van der Waals surface area contributed by atoms with Crippen LogP contribution in [-0.4, -0.2) is 28.3 Å². The summed E-state index contributed by atoms with van der Waals surface area (Å²) >= 11 is 0. The van der Waals surface area contributed by atoms with Gasteiger partial charge in [-0.25, -0.2) is 16.8 Å². The minimum Gasteiger partial charge on any atom is -0.210 e. The average molecular weight is 200 g/mol. The van der Waals surface area contributed by atoms with Gasteiger partial charge in [-0.05, 0) is 13.8 Å². The molecule has 11 heavy (non-hydrogen) atoms. The molecule has 0 heterocycles. The highest BCUT2D eigenvalue weighted by atomic mass is 32.3. The Hall–Kier alpha value is -0.140. The topological polar surface area (TPSA) is 82.4 Å². The molecule has 0 saturated heterocycles. The summed E-state index contributed by atoms with van der Waals surface area (Å²) < 4.78 is 45.2. The van der Waals surface area contributed by atoms with E-state index < -0.39 is 20.0 Å². The van der Waals surface area contributed by atoms with Crippen LogP contribution in [-0.2, 0) is 20.0 Å². The molecule has 0 aliphatic carbocycles. The van der Waals surface area contributed by atoms with Crippen molar-refractivity contribution in [2.24, 2.45) is 0 Å². The van der Waals surface area contributed by atoms with Crippen LogP contribution < -0.4 is 4.13 Å². The second kappa shape index (κ2) is 3.51. The van der Waals surface area contributed by atoms with Crippen molar-refractivity contribution in [1.82, 2.24) is 4.13 Å². The van der Waals surface area contributed by atoms with E-state index in [1.807, 2.05) is 0 Å². The van der Waals surface area contributed by atoms with Gasteiger partial charge in [0.1, 0.15) is 0 Å². The van der Waals surface area contributed by atoms with Crippen LogP contribution in [0, 0.1) is 0 Å². The number of sulfonamides is 2. The number of hydrogen-bond acceptors (Lipinski definition) is 4. The Morgan fingerprint density at radius 2 is 1.18 bits per heavy atom. The summed E-state index contributed by atoms with van der Waals surface area (Å²) in [6.07, 6.45) is 0. The van der Waals surface area contributed by atoms with Crippen LogP contribution in [0.3, 0.4) is 0 Å². The van der Waals surface area contributed by atoms with E-state index in [1.54, 1.807) is 0 Å². The minimum absolute atomic E-state index is 0.285. The Morgan fingerprint density at radius 3 is 1.36 bits per heavy atom. The van der Waals surface area contributed by atoms with Crippen LogP contribution in [0.25, 0.3) is 0 Å². The predicted octanol–water partition coefficient (Wildman–Crippen LogP) is -0.710. The van der Waals surface area contributed by atoms with Gasteiger partial charge >= 0.3 is 0 Å². The Balaban J connectivity index is 4.54. The van der Waals surface area contributed by atoms with Crippen LogP contribution >= 0.6 is 0 Å². The van der Waals surface area contributed by atoms with Crippen LogP contribution in [0.4, 0.5) is 0 Å². The van der Waals surface area contributed by atoms with E-state index in [9.17, 15) is 16.8 Å². The van der Waals surface area contributed by atoms with Crippen molar-refractivity contribution in [1.29, 1.82) is 0 Å². The molecule has 0 bridgehead atoms. The molecule has 0 aromatic rings. The fourth-order valence-corrected chi connectivity index (χ4v) is 2.51. The van der Waals surface area contributed by atoms with Gasteiger partial charge in [-0.3, -0.25) is 0 Å². The maximum atomic E-state index is 10.6. The van der Waals surface area contributed by atoms with Gasteiger partial charge in [0, 0.05) is 4.13 Å². The molecule has 0 aliphatic rings. The first-order chi connectivity index (χ1) is 4.83. The number of hydrogen-bond donors (Lipinski definition) is 0. The lowest BCUT2D eigenvalue weighted by Crippen LogP contribution is -2.26. The van der Waals surface area contributed by atoms with E-state index in [1.165, 1.54) is 13.8 Å². The van der Waals surface area contributed by atoms with E-state index >= 15 is 0 Å². The van der Waals surface area contributed by atoms with Gasteiger partial charge in [0.15, 0.2) is 0 Å². The first-order valence-corrected chi connectivity index (χ1v) is 6.24. The highest BCUT2D eigenvalue weighted by molar-refractivity contribution is 8.04. The first kappa shape index (κ1) is 10.9. The molecular formula is C4H10NO4S2. The molecule has 0 aromatic heterocycles. The molecule has 0 rings (SSSR count). The molecule has 67 valence electrons. The fourth-order valence-electron chi connectivity index (χ4n) is 0.278. The molecule has 0 unspecified atom stereocenters. The normalized spacial score (nSPS) is 13.3. The summed E-state index contributed by atoms with van der Waals surface area (Å²) in [5.41, 5.74) is 0. The van der Waals surface area contributed by atoms with Crippen molar-refractivity contribution in [3.05, 3.63) is 0 Å². The third kappa shape index (κ3) is 4.33. The Bertz CT molecular complexity index is 269. The maximum Gasteiger partial charge on any atom is 0.242 e. The van der Waals surface area contributed by atoms with Gasteiger partial charge in [0.2, 0.25) is 20.0 Å². The largest absolute Gasteiger partial charge is 0.242 e. The molecule has 1 radical (unpaired) electrons. The van der Waals surface area contributed by atoms with Crippen molar-refractivity contribution >= 4 is 20.0 Å². The Labute approximate surface area is 66.9 Å². The van der Waals surface area contributed by atoms with Crippen molar-refractivity contribution in [2.45, 2.75) is 13.8 Å². The smallest absolute Gasteiger partial charge is 0.210 e. The molecular weight excluding hydrogens is 190 g/mol. The average Bonchev–Trinajstić information content (AvgIpc) is 1.86. The molecule has 0 saturated carbocycles. The van der Waals surface area contributed by atoms with Gasteiger partial charge in [-0.15, -0.1) is 0 Å². The number of nitrogens with zero attached hydrogens (tertiary/aromatic N) is 1. The summed E-state index contributed by atoms with van der Waals surface area (Å²) in [6, 6.07) is 0. The molecule has 0 atom stereocenters. The predicted molar refractivity (Wildman–Crippen MR) is 41.1 cm³/mol. The van der Waals surface area contributed by atoms with Gasteiger partial charge in [0.05, 0.1) is 11.5 Å². The molecule has 0 spiro atoms. The zero-order valence-corrected chi connectivity index (χ0v) is 7.94. The van der Waals surface area contributed by atoms with E-state index in [0.29, 0.717) is 0 Å². The lowest BCUT2D eigenvalue weighted by Gasteiger charge is -1.98. The monoisotopic (exact) mass is 200 g/mol. The summed E-state index contributed by atoms with van der Waals surface area (Å²) in [4.78, 5) is 0. The van der Waals surface area contributed by atoms with Crippen molar-refractivity contribution < 1.29 is 16.8 Å². The highest BCUT2D eigenvalue weighted by Gasteiger charge is 2.18. The third-order valence-corrected chi connectivity index (χ3v) is 4.23. The molecule has 0 aliphatic heterocycles. The molecule has 0 fully saturated rings.